The van der Waals surface area contributed by atoms with Crippen molar-refractivity contribution in [3.8, 4) is 21.1 Å². The molecule has 0 amide bonds. The van der Waals surface area contributed by atoms with Crippen LogP contribution < -0.4 is 0 Å². The fourth-order valence-corrected chi connectivity index (χ4v) is 3.14. The van der Waals surface area contributed by atoms with Crippen molar-refractivity contribution in [3.05, 3.63) is 59.7 Å². The average Bonchev–Trinajstić information content (AvgIpc) is 3.17. The van der Waals surface area contributed by atoms with Crippen LogP contribution in [0.2, 0.25) is 0 Å². The maximum absolute atomic E-state index is 11.3. The first-order valence-electron chi connectivity index (χ1n) is 9.14. The van der Waals surface area contributed by atoms with Gasteiger partial charge in [0.05, 0.1) is 0 Å². The second kappa shape index (κ2) is 10.7. The smallest absolute Gasteiger partial charge is 0.159 e. The van der Waals surface area contributed by atoms with E-state index in [1.54, 1.807) is 18.3 Å². The summed E-state index contributed by atoms with van der Waals surface area (Å²) in [6, 6.07) is 15.7. The Balaban J connectivity index is 0.000000380. The van der Waals surface area contributed by atoms with Gasteiger partial charge in [-0.1, -0.05) is 72.4 Å². The third kappa shape index (κ3) is 6.38. The number of ether oxygens (including phenoxy) is 1. The Morgan fingerprint density at radius 3 is 1.85 bits per heavy atom. The van der Waals surface area contributed by atoms with Crippen LogP contribution >= 0.6 is 11.3 Å². The number of benzene rings is 2. The van der Waals surface area contributed by atoms with Crippen LogP contribution in [0.4, 0.5) is 0 Å². The van der Waals surface area contributed by atoms with Crippen LogP contribution in [-0.4, -0.2) is 29.2 Å². The van der Waals surface area contributed by atoms with E-state index in [1.807, 2.05) is 31.2 Å². The molecule has 0 aliphatic heterocycles. The molecule has 1 aromatic heterocycles. The molecule has 4 nitrogen and oxygen atoms in total. The Bertz CT molecular complexity index is 836. The van der Waals surface area contributed by atoms with Gasteiger partial charge in [-0.15, -0.1) is 10.2 Å². The number of Topliss-reactive ketones (excluding diaryl/α,β-unsaturated/α-hetero) is 1. The molecule has 5 heteroatoms. The standard InChI is InChI=1S/C17H14N2OS.C5H12O/c1-11-3-5-14(6-4-11)16-18-19-17(21-16)15-9-7-13(8-10-15)12(2)20;1-3-5-6-4-2/h3-10H,1-2H3;3-5H2,1-2H3. The molecule has 0 N–H and O–H groups in total. The Hall–Kier alpha value is -2.37. The largest absolute Gasteiger partial charge is 0.382 e. The molecule has 3 rings (SSSR count). The molecule has 2 aromatic carbocycles. The number of carbonyl (C=O) groups is 1. The normalized spacial score (nSPS) is 10.2. The molecular formula is C22H26N2O2S. The predicted octanol–water partition coefficient (Wildman–Crippen LogP) is 5.82. The first-order chi connectivity index (χ1) is 13.0. The molecule has 0 saturated carbocycles. The van der Waals surface area contributed by atoms with Gasteiger partial charge in [-0.25, -0.2) is 0 Å². The topological polar surface area (TPSA) is 52.1 Å². The molecule has 0 saturated heterocycles. The minimum Gasteiger partial charge on any atom is -0.382 e. The molecule has 0 spiro atoms. The lowest BCUT2D eigenvalue weighted by molar-refractivity contribution is 0.101. The van der Waals surface area contributed by atoms with E-state index >= 15 is 0 Å². The highest BCUT2D eigenvalue weighted by atomic mass is 32.1. The lowest BCUT2D eigenvalue weighted by atomic mass is 10.1. The van der Waals surface area contributed by atoms with Crippen molar-refractivity contribution in [3.63, 3.8) is 0 Å². The van der Waals surface area contributed by atoms with E-state index in [2.05, 4.69) is 48.3 Å². The molecular weight excluding hydrogens is 356 g/mol. The van der Waals surface area contributed by atoms with Crippen LogP contribution in [0, 0.1) is 6.92 Å². The van der Waals surface area contributed by atoms with Crippen LogP contribution in [0.15, 0.2) is 48.5 Å². The first kappa shape index (κ1) is 20.9. The number of rotatable bonds is 6. The highest BCUT2D eigenvalue weighted by molar-refractivity contribution is 7.17. The number of carbonyl (C=O) groups excluding carboxylic acids is 1. The van der Waals surface area contributed by atoms with E-state index in [0.717, 1.165) is 40.8 Å². The van der Waals surface area contributed by atoms with Crippen LogP contribution in [0.5, 0.6) is 0 Å². The number of aromatic nitrogens is 2. The second-order valence-corrected chi connectivity index (χ2v) is 7.09. The van der Waals surface area contributed by atoms with E-state index in [4.69, 9.17) is 4.74 Å². The molecule has 0 aliphatic carbocycles. The lowest BCUT2D eigenvalue weighted by Crippen LogP contribution is -1.90. The zero-order valence-electron chi connectivity index (χ0n) is 16.4. The molecule has 0 unspecified atom stereocenters. The van der Waals surface area contributed by atoms with Gasteiger partial charge >= 0.3 is 0 Å². The highest BCUT2D eigenvalue weighted by Crippen LogP contribution is 2.30. The van der Waals surface area contributed by atoms with Crippen LogP contribution in [-0.2, 0) is 4.74 Å². The minimum absolute atomic E-state index is 0.0687. The van der Waals surface area contributed by atoms with E-state index < -0.39 is 0 Å². The fraction of sp³-hybridized carbons (Fsp3) is 0.318. The quantitative estimate of drug-likeness (QED) is 0.398. The van der Waals surface area contributed by atoms with Gasteiger partial charge in [0, 0.05) is 29.9 Å². The fourth-order valence-electron chi connectivity index (χ4n) is 2.29. The van der Waals surface area contributed by atoms with Crippen molar-refractivity contribution >= 4 is 17.1 Å². The van der Waals surface area contributed by atoms with Crippen molar-refractivity contribution in [1.29, 1.82) is 0 Å². The van der Waals surface area contributed by atoms with Gasteiger partial charge in [0.1, 0.15) is 10.0 Å². The van der Waals surface area contributed by atoms with Gasteiger partial charge in [-0.2, -0.15) is 0 Å². The maximum Gasteiger partial charge on any atom is 0.159 e. The first-order valence-corrected chi connectivity index (χ1v) is 9.96. The Kier molecular flexibility index (Phi) is 8.30. The van der Waals surface area contributed by atoms with E-state index in [0.29, 0.717) is 5.56 Å². The summed E-state index contributed by atoms with van der Waals surface area (Å²) in [5.74, 6) is 0.0687. The lowest BCUT2D eigenvalue weighted by Gasteiger charge is -1.98. The van der Waals surface area contributed by atoms with Gasteiger partial charge in [0.25, 0.3) is 0 Å². The van der Waals surface area contributed by atoms with Gasteiger partial charge in [0.2, 0.25) is 0 Å². The average molecular weight is 383 g/mol. The number of ketones is 1. The summed E-state index contributed by atoms with van der Waals surface area (Å²) in [6.45, 7) is 9.51. The van der Waals surface area contributed by atoms with Crippen LogP contribution in [0.25, 0.3) is 21.1 Å². The molecule has 1 heterocycles. The van der Waals surface area contributed by atoms with Gasteiger partial charge in [-0.05, 0) is 27.2 Å². The summed E-state index contributed by atoms with van der Waals surface area (Å²) in [6.07, 6.45) is 1.13. The van der Waals surface area contributed by atoms with E-state index in [-0.39, 0.29) is 5.78 Å². The molecule has 0 radical (unpaired) electrons. The number of hydrogen-bond acceptors (Lipinski definition) is 5. The summed E-state index contributed by atoms with van der Waals surface area (Å²) in [5, 5.41) is 10.3. The monoisotopic (exact) mass is 382 g/mol. The van der Waals surface area contributed by atoms with Gasteiger partial charge < -0.3 is 4.74 Å². The van der Waals surface area contributed by atoms with Gasteiger partial charge in [-0.3, -0.25) is 4.79 Å². The van der Waals surface area contributed by atoms with Crippen molar-refractivity contribution in [2.45, 2.75) is 34.1 Å². The van der Waals surface area contributed by atoms with E-state index in [9.17, 15) is 4.79 Å². The molecule has 0 bridgehead atoms. The SMILES string of the molecule is CC(=O)c1ccc(-c2nnc(-c3ccc(C)cc3)s2)cc1.CCCOCC. The maximum atomic E-state index is 11.3. The van der Waals surface area contributed by atoms with Crippen LogP contribution in [0.3, 0.4) is 0 Å². The van der Waals surface area contributed by atoms with Crippen molar-refractivity contribution < 1.29 is 9.53 Å². The number of nitrogens with zero attached hydrogens (tertiary/aromatic N) is 2. The minimum atomic E-state index is 0.0687. The molecule has 142 valence electrons. The zero-order chi connectivity index (χ0) is 19.6. The van der Waals surface area contributed by atoms with Crippen LogP contribution in [0.1, 0.15) is 43.1 Å². The summed E-state index contributed by atoms with van der Waals surface area (Å²) >= 11 is 1.55. The van der Waals surface area contributed by atoms with Crippen molar-refractivity contribution in [2.24, 2.45) is 0 Å². The summed E-state index contributed by atoms with van der Waals surface area (Å²) in [7, 11) is 0. The molecule has 0 atom stereocenters. The molecule has 0 aliphatic rings. The second-order valence-electron chi connectivity index (χ2n) is 6.11. The Morgan fingerprint density at radius 2 is 1.44 bits per heavy atom. The number of aryl methyl sites for hydroxylation is 1. The molecule has 27 heavy (non-hydrogen) atoms. The summed E-state index contributed by atoms with van der Waals surface area (Å²) < 4.78 is 4.98. The van der Waals surface area contributed by atoms with Gasteiger partial charge in [0.15, 0.2) is 5.78 Å². The predicted molar refractivity (Wildman–Crippen MR) is 112 cm³/mol. The third-order valence-corrected chi connectivity index (χ3v) is 4.84. The van der Waals surface area contributed by atoms with Crippen molar-refractivity contribution in [1.82, 2.24) is 10.2 Å². The Labute approximate surface area is 165 Å². The highest BCUT2D eigenvalue weighted by Gasteiger charge is 2.09. The van der Waals surface area contributed by atoms with E-state index in [1.165, 1.54) is 5.56 Å². The number of hydrogen-bond donors (Lipinski definition) is 0. The zero-order valence-corrected chi connectivity index (χ0v) is 17.2. The Morgan fingerprint density at radius 1 is 0.926 bits per heavy atom. The third-order valence-electron chi connectivity index (χ3n) is 3.81. The summed E-state index contributed by atoms with van der Waals surface area (Å²) in [5.41, 5.74) is 3.99. The molecule has 3 aromatic rings. The molecule has 0 fully saturated rings. The summed E-state index contributed by atoms with van der Waals surface area (Å²) in [4.78, 5) is 11.3. The van der Waals surface area contributed by atoms with Crippen molar-refractivity contribution in [2.75, 3.05) is 13.2 Å².